The Bertz CT molecular complexity index is 605. The first kappa shape index (κ1) is 20.8. The van der Waals surface area contributed by atoms with Crippen molar-refractivity contribution >= 4 is 45.5 Å². The Labute approximate surface area is 148 Å². The Morgan fingerprint density at radius 2 is 1.86 bits per heavy atom. The molecule has 0 aromatic heterocycles. The van der Waals surface area contributed by atoms with Gasteiger partial charge in [0.1, 0.15) is 9.84 Å². The average molecular weight is 443 g/mol. The largest absolute Gasteiger partial charge is 0.493 e. The molecule has 0 fully saturated rings. The van der Waals surface area contributed by atoms with Gasteiger partial charge in [-0.3, -0.25) is 4.99 Å². The molecule has 22 heavy (non-hydrogen) atoms. The highest BCUT2D eigenvalue weighted by Gasteiger charge is 2.07. The molecule has 0 unspecified atom stereocenters. The first-order valence-corrected chi connectivity index (χ1v) is 8.33. The summed E-state index contributed by atoms with van der Waals surface area (Å²) in [4.78, 5) is 4.03. The number of anilines is 1. The number of hydrogen-bond acceptors (Lipinski definition) is 5. The van der Waals surface area contributed by atoms with E-state index >= 15 is 0 Å². The van der Waals surface area contributed by atoms with Crippen LogP contribution >= 0.6 is 24.0 Å². The minimum atomic E-state index is -3.00. The molecule has 126 valence electrons. The lowest BCUT2D eigenvalue weighted by atomic mass is 10.3. The van der Waals surface area contributed by atoms with Gasteiger partial charge in [0.2, 0.25) is 0 Å². The van der Waals surface area contributed by atoms with Crippen molar-refractivity contribution < 1.29 is 17.9 Å². The topological polar surface area (TPSA) is 89.0 Å². The van der Waals surface area contributed by atoms with E-state index in [1.807, 2.05) is 6.07 Å². The molecule has 0 saturated carbocycles. The molecular formula is C13H22IN3O4S. The van der Waals surface area contributed by atoms with Crippen LogP contribution in [0.5, 0.6) is 11.5 Å². The van der Waals surface area contributed by atoms with Gasteiger partial charge in [-0.1, -0.05) is 0 Å². The van der Waals surface area contributed by atoms with Crippen LogP contribution in [0.1, 0.15) is 0 Å². The van der Waals surface area contributed by atoms with Crippen molar-refractivity contribution in [3.8, 4) is 11.5 Å². The average Bonchev–Trinajstić information content (AvgIpc) is 2.44. The Balaban J connectivity index is 0.00000441. The first-order chi connectivity index (χ1) is 9.89. The number of sulfone groups is 1. The van der Waals surface area contributed by atoms with Gasteiger partial charge in [0.15, 0.2) is 17.5 Å². The molecule has 0 saturated heterocycles. The molecule has 0 aliphatic carbocycles. The molecule has 0 amide bonds. The Morgan fingerprint density at radius 3 is 2.36 bits per heavy atom. The van der Waals surface area contributed by atoms with Crippen molar-refractivity contribution in [1.82, 2.24) is 5.32 Å². The van der Waals surface area contributed by atoms with Gasteiger partial charge < -0.3 is 20.1 Å². The van der Waals surface area contributed by atoms with Crippen LogP contribution in [-0.2, 0) is 9.84 Å². The summed E-state index contributed by atoms with van der Waals surface area (Å²) < 4.78 is 32.5. The predicted molar refractivity (Wildman–Crippen MR) is 99.7 cm³/mol. The molecular weight excluding hydrogens is 421 g/mol. The van der Waals surface area contributed by atoms with Crippen LogP contribution in [0.2, 0.25) is 0 Å². The number of rotatable bonds is 6. The summed E-state index contributed by atoms with van der Waals surface area (Å²) in [5.41, 5.74) is 0.750. The van der Waals surface area contributed by atoms with Crippen LogP contribution < -0.4 is 20.1 Å². The Kier molecular flexibility index (Phi) is 9.18. The normalized spacial score (nSPS) is 11.4. The summed E-state index contributed by atoms with van der Waals surface area (Å²) in [6, 6.07) is 5.35. The van der Waals surface area contributed by atoms with Crippen LogP contribution in [-0.4, -0.2) is 54.2 Å². The fourth-order valence-corrected chi connectivity index (χ4v) is 2.06. The van der Waals surface area contributed by atoms with Gasteiger partial charge in [0.25, 0.3) is 0 Å². The number of methoxy groups -OCH3 is 2. The molecule has 1 rings (SSSR count). The third-order valence-electron chi connectivity index (χ3n) is 2.64. The van der Waals surface area contributed by atoms with E-state index in [0.717, 1.165) is 5.69 Å². The Morgan fingerprint density at radius 1 is 1.23 bits per heavy atom. The highest BCUT2D eigenvalue weighted by Crippen LogP contribution is 2.29. The number of ether oxygens (including phenoxy) is 2. The maximum Gasteiger partial charge on any atom is 0.195 e. The van der Waals surface area contributed by atoms with Gasteiger partial charge in [-0.25, -0.2) is 8.42 Å². The van der Waals surface area contributed by atoms with Crippen molar-refractivity contribution in [2.45, 2.75) is 0 Å². The van der Waals surface area contributed by atoms with Crippen LogP contribution in [0, 0.1) is 0 Å². The standard InChI is InChI=1S/C13H21N3O4S.HI/c1-14-13(15-7-8-21(4,17)18)16-10-5-6-11(19-2)12(9-10)20-3;/h5-6,9H,7-8H2,1-4H3,(H2,14,15,16);1H. The van der Waals surface area contributed by atoms with Crippen molar-refractivity contribution in [3.63, 3.8) is 0 Å². The smallest absolute Gasteiger partial charge is 0.195 e. The van der Waals surface area contributed by atoms with Crippen LogP contribution in [0.25, 0.3) is 0 Å². The fourth-order valence-electron chi connectivity index (χ4n) is 1.58. The number of benzene rings is 1. The van der Waals surface area contributed by atoms with Crippen molar-refractivity contribution in [3.05, 3.63) is 18.2 Å². The second-order valence-corrected chi connectivity index (χ2v) is 6.58. The zero-order valence-electron chi connectivity index (χ0n) is 13.0. The third-order valence-corrected chi connectivity index (χ3v) is 3.58. The number of halogens is 1. The molecule has 0 aliphatic heterocycles. The Hall–Kier alpha value is -1.23. The maximum absolute atomic E-state index is 11.1. The van der Waals surface area contributed by atoms with Gasteiger partial charge in [-0.15, -0.1) is 24.0 Å². The number of nitrogens with one attached hydrogen (secondary N) is 2. The molecule has 1 aromatic carbocycles. The van der Waals surface area contributed by atoms with Gasteiger partial charge in [-0.05, 0) is 12.1 Å². The molecule has 0 radical (unpaired) electrons. The zero-order chi connectivity index (χ0) is 15.9. The number of aliphatic imine (C=N–C) groups is 1. The van der Waals surface area contributed by atoms with E-state index in [9.17, 15) is 8.42 Å². The second kappa shape index (κ2) is 9.72. The van der Waals surface area contributed by atoms with Gasteiger partial charge in [0, 0.05) is 31.6 Å². The molecule has 0 atom stereocenters. The second-order valence-electron chi connectivity index (χ2n) is 4.32. The molecule has 1 aromatic rings. The molecule has 0 spiro atoms. The summed E-state index contributed by atoms with van der Waals surface area (Å²) in [6.45, 7) is 0.284. The molecule has 0 heterocycles. The highest BCUT2D eigenvalue weighted by atomic mass is 127. The van der Waals surface area contributed by atoms with E-state index in [1.165, 1.54) is 6.26 Å². The van der Waals surface area contributed by atoms with Crippen molar-refractivity contribution in [2.75, 3.05) is 45.1 Å². The zero-order valence-corrected chi connectivity index (χ0v) is 16.2. The molecule has 0 aliphatic rings. The number of nitrogens with zero attached hydrogens (tertiary/aromatic N) is 1. The van der Waals surface area contributed by atoms with Gasteiger partial charge >= 0.3 is 0 Å². The lowest BCUT2D eigenvalue weighted by Gasteiger charge is -2.13. The summed E-state index contributed by atoms with van der Waals surface area (Å²) in [6.07, 6.45) is 1.19. The van der Waals surface area contributed by atoms with E-state index in [2.05, 4.69) is 15.6 Å². The highest BCUT2D eigenvalue weighted by molar-refractivity contribution is 14.0. The minimum absolute atomic E-state index is 0. The molecule has 7 nitrogen and oxygen atoms in total. The van der Waals surface area contributed by atoms with E-state index < -0.39 is 9.84 Å². The summed E-state index contributed by atoms with van der Waals surface area (Å²) in [7, 11) is 1.73. The van der Waals surface area contributed by atoms with Gasteiger partial charge in [0.05, 0.1) is 20.0 Å². The number of hydrogen-bond donors (Lipinski definition) is 2. The van der Waals surface area contributed by atoms with Crippen LogP contribution in [0.3, 0.4) is 0 Å². The minimum Gasteiger partial charge on any atom is -0.493 e. The summed E-state index contributed by atoms with van der Waals surface area (Å²) >= 11 is 0. The number of guanidine groups is 1. The molecule has 2 N–H and O–H groups in total. The first-order valence-electron chi connectivity index (χ1n) is 6.27. The maximum atomic E-state index is 11.1. The quantitative estimate of drug-likeness (QED) is 0.392. The van der Waals surface area contributed by atoms with E-state index in [4.69, 9.17) is 9.47 Å². The monoisotopic (exact) mass is 443 g/mol. The van der Waals surface area contributed by atoms with Crippen molar-refractivity contribution in [1.29, 1.82) is 0 Å². The van der Waals surface area contributed by atoms with Crippen LogP contribution in [0.15, 0.2) is 23.2 Å². The van der Waals surface area contributed by atoms with E-state index in [1.54, 1.807) is 33.4 Å². The van der Waals surface area contributed by atoms with Gasteiger partial charge in [-0.2, -0.15) is 0 Å². The SMILES string of the molecule is CN=C(NCCS(C)(=O)=O)Nc1ccc(OC)c(OC)c1.I. The predicted octanol–water partition coefficient (Wildman–Crippen LogP) is 1.35. The lowest BCUT2D eigenvalue weighted by Crippen LogP contribution is -2.34. The molecule has 0 bridgehead atoms. The lowest BCUT2D eigenvalue weighted by molar-refractivity contribution is 0.355. The third kappa shape index (κ3) is 7.16. The molecule has 9 heteroatoms. The van der Waals surface area contributed by atoms with Crippen molar-refractivity contribution in [2.24, 2.45) is 4.99 Å². The van der Waals surface area contributed by atoms with Crippen LogP contribution in [0.4, 0.5) is 5.69 Å². The fraction of sp³-hybridized carbons (Fsp3) is 0.462. The summed E-state index contributed by atoms with van der Waals surface area (Å²) in [5, 5.41) is 5.98. The summed E-state index contributed by atoms with van der Waals surface area (Å²) in [5.74, 6) is 1.74. The van der Waals surface area contributed by atoms with E-state index in [-0.39, 0.29) is 36.3 Å². The van der Waals surface area contributed by atoms with E-state index in [0.29, 0.717) is 17.5 Å².